The third kappa shape index (κ3) is 1.94. The number of aliphatic hydroxyl groups is 1. The van der Waals surface area contributed by atoms with Crippen molar-refractivity contribution in [1.82, 2.24) is 9.55 Å². The van der Waals surface area contributed by atoms with E-state index in [9.17, 15) is 5.11 Å². The Morgan fingerprint density at radius 3 is 2.68 bits per heavy atom. The largest absolute Gasteiger partial charge is 0.461 e. The maximum Gasteiger partial charge on any atom is 0.176 e. The first-order valence-corrected chi connectivity index (χ1v) is 6.20. The first-order chi connectivity index (χ1) is 8.97. The second-order valence-electron chi connectivity index (χ2n) is 5.23. The summed E-state index contributed by atoms with van der Waals surface area (Å²) < 4.78 is 7.38. The number of nitrogens with zero attached hydrogens (tertiary/aromatic N) is 2. The van der Waals surface area contributed by atoms with Gasteiger partial charge in [-0.1, -0.05) is 6.07 Å². The maximum atomic E-state index is 10.1. The SMILES string of the molecule is Cn1c(-c2ccco2)nc2cc(C(C)(C)O)ccc21. The van der Waals surface area contributed by atoms with E-state index in [0.717, 1.165) is 28.2 Å². The van der Waals surface area contributed by atoms with E-state index in [2.05, 4.69) is 4.98 Å². The van der Waals surface area contributed by atoms with Gasteiger partial charge in [-0.15, -0.1) is 0 Å². The third-order valence-corrected chi connectivity index (χ3v) is 3.33. The Hall–Kier alpha value is -2.07. The van der Waals surface area contributed by atoms with E-state index in [1.165, 1.54) is 0 Å². The monoisotopic (exact) mass is 256 g/mol. The second kappa shape index (κ2) is 3.96. The zero-order chi connectivity index (χ0) is 13.6. The predicted molar refractivity (Wildman–Crippen MR) is 73.7 cm³/mol. The van der Waals surface area contributed by atoms with Crippen molar-refractivity contribution in [3.05, 3.63) is 42.2 Å². The summed E-state index contributed by atoms with van der Waals surface area (Å²) in [6.07, 6.45) is 1.64. The minimum absolute atomic E-state index is 0.739. The minimum Gasteiger partial charge on any atom is -0.461 e. The van der Waals surface area contributed by atoms with Crippen LogP contribution < -0.4 is 0 Å². The zero-order valence-corrected chi connectivity index (χ0v) is 11.2. The lowest BCUT2D eigenvalue weighted by atomic mass is 9.98. The summed E-state index contributed by atoms with van der Waals surface area (Å²) in [6, 6.07) is 9.55. The highest BCUT2D eigenvalue weighted by atomic mass is 16.3. The fraction of sp³-hybridized carbons (Fsp3) is 0.267. The molecule has 1 aromatic carbocycles. The van der Waals surface area contributed by atoms with Gasteiger partial charge in [0.15, 0.2) is 11.6 Å². The lowest BCUT2D eigenvalue weighted by Crippen LogP contribution is -2.15. The summed E-state index contributed by atoms with van der Waals surface area (Å²) in [4.78, 5) is 4.59. The third-order valence-electron chi connectivity index (χ3n) is 3.33. The molecular formula is C15H16N2O2. The fourth-order valence-corrected chi connectivity index (χ4v) is 2.21. The van der Waals surface area contributed by atoms with Gasteiger partial charge in [0.25, 0.3) is 0 Å². The van der Waals surface area contributed by atoms with Gasteiger partial charge >= 0.3 is 0 Å². The van der Waals surface area contributed by atoms with Crippen LogP contribution in [0.1, 0.15) is 19.4 Å². The van der Waals surface area contributed by atoms with Crippen LogP contribution in [0, 0.1) is 0 Å². The normalized spacial score (nSPS) is 12.2. The molecule has 0 radical (unpaired) electrons. The van der Waals surface area contributed by atoms with Crippen LogP contribution in [-0.2, 0) is 12.6 Å². The molecule has 0 unspecified atom stereocenters. The van der Waals surface area contributed by atoms with Crippen LogP contribution in [-0.4, -0.2) is 14.7 Å². The molecule has 98 valence electrons. The van der Waals surface area contributed by atoms with Crippen molar-refractivity contribution in [2.24, 2.45) is 7.05 Å². The van der Waals surface area contributed by atoms with E-state index in [0.29, 0.717) is 0 Å². The van der Waals surface area contributed by atoms with Crippen LogP contribution in [0.15, 0.2) is 41.0 Å². The molecule has 1 N–H and O–H groups in total. The number of rotatable bonds is 2. The van der Waals surface area contributed by atoms with Gasteiger partial charge in [0.2, 0.25) is 0 Å². The summed E-state index contributed by atoms with van der Waals surface area (Å²) in [5, 5.41) is 10.1. The molecule has 2 aromatic heterocycles. The Bertz CT molecular complexity index is 719. The van der Waals surface area contributed by atoms with Crippen LogP contribution >= 0.6 is 0 Å². The van der Waals surface area contributed by atoms with Gasteiger partial charge in [0.1, 0.15) is 0 Å². The van der Waals surface area contributed by atoms with Crippen molar-refractivity contribution in [2.75, 3.05) is 0 Å². The molecule has 0 bridgehead atoms. The van der Waals surface area contributed by atoms with Crippen LogP contribution in [0.5, 0.6) is 0 Å². The first-order valence-electron chi connectivity index (χ1n) is 6.20. The highest BCUT2D eigenvalue weighted by Gasteiger charge is 2.18. The fourth-order valence-electron chi connectivity index (χ4n) is 2.21. The van der Waals surface area contributed by atoms with E-state index < -0.39 is 5.60 Å². The van der Waals surface area contributed by atoms with Gasteiger partial charge < -0.3 is 14.1 Å². The summed E-state index contributed by atoms with van der Waals surface area (Å²) in [5.41, 5.74) is 1.85. The average molecular weight is 256 g/mol. The molecule has 0 aliphatic carbocycles. The van der Waals surface area contributed by atoms with E-state index in [-0.39, 0.29) is 0 Å². The first kappa shape index (κ1) is 12.0. The molecule has 4 nitrogen and oxygen atoms in total. The molecule has 0 saturated heterocycles. The minimum atomic E-state index is -0.865. The number of hydrogen-bond donors (Lipinski definition) is 1. The number of fused-ring (bicyclic) bond motifs is 1. The molecule has 19 heavy (non-hydrogen) atoms. The van der Waals surface area contributed by atoms with E-state index in [1.807, 2.05) is 41.9 Å². The molecule has 0 amide bonds. The number of furan rings is 1. The van der Waals surface area contributed by atoms with Gasteiger partial charge in [0, 0.05) is 7.05 Å². The number of aryl methyl sites for hydroxylation is 1. The maximum absolute atomic E-state index is 10.1. The topological polar surface area (TPSA) is 51.2 Å². The van der Waals surface area contributed by atoms with Crippen molar-refractivity contribution in [2.45, 2.75) is 19.4 Å². The Morgan fingerprint density at radius 1 is 1.26 bits per heavy atom. The van der Waals surface area contributed by atoms with Gasteiger partial charge in [-0.05, 0) is 43.7 Å². The van der Waals surface area contributed by atoms with Crippen LogP contribution in [0.25, 0.3) is 22.6 Å². The Balaban J connectivity index is 2.21. The average Bonchev–Trinajstić information content (AvgIpc) is 2.96. The second-order valence-corrected chi connectivity index (χ2v) is 5.23. The molecule has 3 aromatic rings. The Morgan fingerprint density at radius 2 is 2.05 bits per heavy atom. The number of benzene rings is 1. The van der Waals surface area contributed by atoms with Gasteiger partial charge in [-0.25, -0.2) is 4.98 Å². The van der Waals surface area contributed by atoms with E-state index >= 15 is 0 Å². The number of imidazole rings is 1. The van der Waals surface area contributed by atoms with Gasteiger partial charge in [-0.2, -0.15) is 0 Å². The molecule has 2 heterocycles. The Kier molecular flexibility index (Phi) is 2.50. The van der Waals surface area contributed by atoms with Crippen molar-refractivity contribution in [3.8, 4) is 11.6 Å². The van der Waals surface area contributed by atoms with E-state index in [1.54, 1.807) is 20.1 Å². The Labute approximate surface area is 111 Å². The standard InChI is InChI=1S/C15H16N2O2/c1-15(2,18)10-6-7-12-11(9-10)16-14(17(12)3)13-5-4-8-19-13/h4-9,18H,1-3H3. The van der Waals surface area contributed by atoms with Crippen molar-refractivity contribution in [1.29, 1.82) is 0 Å². The molecule has 3 rings (SSSR count). The summed E-state index contributed by atoms with van der Waals surface area (Å²) in [5.74, 6) is 1.52. The molecule has 0 fully saturated rings. The highest BCUT2D eigenvalue weighted by molar-refractivity contribution is 5.80. The van der Waals surface area contributed by atoms with Crippen LogP contribution in [0.3, 0.4) is 0 Å². The van der Waals surface area contributed by atoms with Crippen molar-refractivity contribution in [3.63, 3.8) is 0 Å². The molecule has 4 heteroatoms. The van der Waals surface area contributed by atoms with Gasteiger partial charge in [0.05, 0.1) is 22.9 Å². The lowest BCUT2D eigenvalue weighted by Gasteiger charge is -2.17. The zero-order valence-electron chi connectivity index (χ0n) is 11.2. The number of aromatic nitrogens is 2. The van der Waals surface area contributed by atoms with Gasteiger partial charge in [-0.3, -0.25) is 0 Å². The molecule has 0 aliphatic heterocycles. The molecule has 0 saturated carbocycles. The summed E-state index contributed by atoms with van der Waals surface area (Å²) in [7, 11) is 1.96. The number of hydrogen-bond acceptors (Lipinski definition) is 3. The molecular weight excluding hydrogens is 240 g/mol. The highest BCUT2D eigenvalue weighted by Crippen LogP contribution is 2.27. The predicted octanol–water partition coefficient (Wildman–Crippen LogP) is 3.06. The molecule has 0 spiro atoms. The lowest BCUT2D eigenvalue weighted by molar-refractivity contribution is 0.0787. The summed E-state index contributed by atoms with van der Waals surface area (Å²) in [6.45, 7) is 3.54. The summed E-state index contributed by atoms with van der Waals surface area (Å²) >= 11 is 0. The van der Waals surface area contributed by atoms with Crippen LogP contribution in [0.4, 0.5) is 0 Å². The van der Waals surface area contributed by atoms with Crippen LogP contribution in [0.2, 0.25) is 0 Å². The van der Waals surface area contributed by atoms with Crippen molar-refractivity contribution >= 4 is 11.0 Å². The van der Waals surface area contributed by atoms with E-state index in [4.69, 9.17) is 4.42 Å². The smallest absolute Gasteiger partial charge is 0.176 e. The molecule has 0 atom stereocenters. The molecule has 0 aliphatic rings. The van der Waals surface area contributed by atoms with Crippen molar-refractivity contribution < 1.29 is 9.52 Å². The quantitative estimate of drug-likeness (QED) is 0.766.